The highest BCUT2D eigenvalue weighted by atomic mass is 35.5. The molecule has 0 bridgehead atoms. The number of hydrogen-bond donors (Lipinski definition) is 0. The van der Waals surface area contributed by atoms with E-state index in [1.807, 2.05) is 24.3 Å². The molecule has 0 saturated heterocycles. The SMILES string of the molecule is Clc1cccc(Cc2noc(-c3noc4c3CCCC4)n2)c1. The molecule has 0 spiro atoms. The van der Waals surface area contributed by atoms with Crippen molar-refractivity contribution in [2.24, 2.45) is 0 Å². The van der Waals surface area contributed by atoms with Crippen molar-refractivity contribution in [3.63, 3.8) is 0 Å². The molecule has 0 amide bonds. The Labute approximate surface area is 132 Å². The Kier molecular flexibility index (Phi) is 3.42. The van der Waals surface area contributed by atoms with Crippen LogP contribution in [0.4, 0.5) is 0 Å². The molecule has 0 N–H and O–H groups in total. The smallest absolute Gasteiger partial charge is 0.280 e. The zero-order valence-electron chi connectivity index (χ0n) is 11.9. The molecular formula is C16H14ClN3O2. The van der Waals surface area contributed by atoms with Crippen LogP contribution in [0.1, 0.15) is 35.6 Å². The van der Waals surface area contributed by atoms with Crippen molar-refractivity contribution in [2.45, 2.75) is 32.1 Å². The fourth-order valence-electron chi connectivity index (χ4n) is 2.80. The maximum Gasteiger partial charge on any atom is 0.280 e. The highest BCUT2D eigenvalue weighted by molar-refractivity contribution is 6.30. The molecule has 5 nitrogen and oxygen atoms in total. The van der Waals surface area contributed by atoms with Gasteiger partial charge < -0.3 is 9.05 Å². The van der Waals surface area contributed by atoms with E-state index in [4.69, 9.17) is 20.6 Å². The summed E-state index contributed by atoms with van der Waals surface area (Å²) in [5.74, 6) is 2.00. The van der Waals surface area contributed by atoms with Gasteiger partial charge in [0.15, 0.2) is 11.5 Å². The lowest BCUT2D eigenvalue weighted by atomic mass is 9.96. The molecule has 4 rings (SSSR count). The molecule has 112 valence electrons. The highest BCUT2D eigenvalue weighted by Gasteiger charge is 2.24. The predicted octanol–water partition coefficient (Wildman–Crippen LogP) is 3.85. The molecule has 22 heavy (non-hydrogen) atoms. The summed E-state index contributed by atoms with van der Waals surface area (Å²) in [6, 6.07) is 7.64. The van der Waals surface area contributed by atoms with Crippen molar-refractivity contribution in [3.8, 4) is 11.6 Å². The van der Waals surface area contributed by atoms with Crippen molar-refractivity contribution < 1.29 is 9.05 Å². The molecule has 0 unspecified atom stereocenters. The molecule has 0 aliphatic heterocycles. The second-order valence-electron chi connectivity index (χ2n) is 5.46. The number of hydrogen-bond acceptors (Lipinski definition) is 5. The lowest BCUT2D eigenvalue weighted by Crippen LogP contribution is -2.00. The van der Waals surface area contributed by atoms with E-state index in [0.29, 0.717) is 28.9 Å². The molecule has 0 saturated carbocycles. The maximum atomic E-state index is 5.99. The molecule has 1 aliphatic carbocycles. The molecule has 2 aromatic heterocycles. The van der Waals surface area contributed by atoms with Crippen LogP contribution in [0.5, 0.6) is 0 Å². The van der Waals surface area contributed by atoms with Gasteiger partial charge in [-0.25, -0.2) is 0 Å². The Morgan fingerprint density at radius 2 is 2.00 bits per heavy atom. The lowest BCUT2D eigenvalue weighted by Gasteiger charge is -2.07. The van der Waals surface area contributed by atoms with E-state index < -0.39 is 0 Å². The normalized spacial score (nSPS) is 14.0. The van der Waals surface area contributed by atoms with Crippen LogP contribution in [-0.4, -0.2) is 15.3 Å². The Bertz CT molecular complexity index is 809. The van der Waals surface area contributed by atoms with E-state index >= 15 is 0 Å². The topological polar surface area (TPSA) is 65.0 Å². The first-order chi connectivity index (χ1) is 10.8. The summed E-state index contributed by atoms with van der Waals surface area (Å²) in [5.41, 5.74) is 2.85. The standard InChI is InChI=1S/C16H14ClN3O2/c17-11-5-3-4-10(8-11)9-14-18-16(22-19-14)15-12-6-1-2-7-13(12)21-20-15/h3-5,8H,1-2,6-7,9H2. The number of halogens is 1. The van der Waals surface area contributed by atoms with Crippen LogP contribution >= 0.6 is 11.6 Å². The fourth-order valence-corrected chi connectivity index (χ4v) is 3.02. The zero-order chi connectivity index (χ0) is 14.9. The van der Waals surface area contributed by atoms with Crippen molar-refractivity contribution in [1.29, 1.82) is 0 Å². The molecule has 1 aromatic carbocycles. The molecule has 1 aliphatic rings. The molecule has 3 aromatic rings. The largest absolute Gasteiger partial charge is 0.360 e. The minimum Gasteiger partial charge on any atom is -0.360 e. The van der Waals surface area contributed by atoms with Crippen LogP contribution < -0.4 is 0 Å². The second-order valence-corrected chi connectivity index (χ2v) is 5.90. The number of nitrogens with zero attached hydrogens (tertiary/aromatic N) is 3. The molecule has 0 fully saturated rings. The van der Waals surface area contributed by atoms with Gasteiger partial charge in [-0.1, -0.05) is 34.0 Å². The van der Waals surface area contributed by atoms with E-state index in [2.05, 4.69) is 15.3 Å². The van der Waals surface area contributed by atoms with E-state index in [1.54, 1.807) is 0 Å². The quantitative estimate of drug-likeness (QED) is 0.734. The molecule has 6 heteroatoms. The van der Waals surface area contributed by atoms with E-state index in [-0.39, 0.29) is 0 Å². The second kappa shape index (κ2) is 5.57. The Hall–Kier alpha value is -2.14. The molecular weight excluding hydrogens is 302 g/mol. The first kappa shape index (κ1) is 13.5. The lowest BCUT2D eigenvalue weighted by molar-refractivity contribution is 0.369. The van der Waals surface area contributed by atoms with Gasteiger partial charge in [0.2, 0.25) is 0 Å². The third-order valence-corrected chi connectivity index (χ3v) is 4.11. The van der Waals surface area contributed by atoms with Gasteiger partial charge in [0, 0.05) is 23.4 Å². The molecule has 0 atom stereocenters. The first-order valence-corrected chi connectivity index (χ1v) is 7.72. The maximum absolute atomic E-state index is 5.99. The summed E-state index contributed by atoms with van der Waals surface area (Å²) in [7, 11) is 0. The number of aryl methyl sites for hydroxylation is 1. The van der Waals surface area contributed by atoms with Crippen molar-refractivity contribution in [1.82, 2.24) is 15.3 Å². The summed E-state index contributed by atoms with van der Waals surface area (Å²) in [6.07, 6.45) is 4.76. The van der Waals surface area contributed by atoms with E-state index in [9.17, 15) is 0 Å². The van der Waals surface area contributed by atoms with Gasteiger partial charge in [-0.15, -0.1) is 0 Å². The van der Waals surface area contributed by atoms with Gasteiger partial charge in [-0.3, -0.25) is 0 Å². The third-order valence-electron chi connectivity index (χ3n) is 3.87. The average molecular weight is 316 g/mol. The first-order valence-electron chi connectivity index (χ1n) is 7.34. The van der Waals surface area contributed by atoms with Crippen molar-refractivity contribution in [3.05, 3.63) is 52.0 Å². The Balaban J connectivity index is 1.60. The number of fused-ring (bicyclic) bond motifs is 1. The van der Waals surface area contributed by atoms with Gasteiger partial charge in [0.25, 0.3) is 5.89 Å². The molecule has 2 heterocycles. The van der Waals surface area contributed by atoms with Gasteiger partial charge in [-0.05, 0) is 37.0 Å². The van der Waals surface area contributed by atoms with Crippen molar-refractivity contribution in [2.75, 3.05) is 0 Å². The van der Waals surface area contributed by atoms with Gasteiger partial charge >= 0.3 is 0 Å². The summed E-state index contributed by atoms with van der Waals surface area (Å²) in [5, 5.41) is 8.85. The zero-order valence-corrected chi connectivity index (χ0v) is 12.6. The highest BCUT2D eigenvalue weighted by Crippen LogP contribution is 2.30. The van der Waals surface area contributed by atoms with Crippen molar-refractivity contribution >= 4 is 11.6 Å². The van der Waals surface area contributed by atoms with Gasteiger partial charge in [0.1, 0.15) is 5.76 Å². The Morgan fingerprint density at radius 1 is 1.09 bits per heavy atom. The minimum absolute atomic E-state index is 0.434. The minimum atomic E-state index is 0.434. The number of aromatic nitrogens is 3. The van der Waals surface area contributed by atoms with E-state index in [1.165, 1.54) is 0 Å². The average Bonchev–Trinajstić information content (AvgIpc) is 3.13. The van der Waals surface area contributed by atoms with Gasteiger partial charge in [0.05, 0.1) is 0 Å². The Morgan fingerprint density at radius 3 is 2.91 bits per heavy atom. The fraction of sp³-hybridized carbons (Fsp3) is 0.312. The van der Waals surface area contributed by atoms with Crippen LogP contribution in [-0.2, 0) is 19.3 Å². The molecule has 0 radical (unpaired) electrons. The van der Waals surface area contributed by atoms with E-state index in [0.717, 1.165) is 42.6 Å². The van der Waals surface area contributed by atoms with Crippen LogP contribution in [0.25, 0.3) is 11.6 Å². The predicted molar refractivity (Wildman–Crippen MR) is 80.7 cm³/mol. The summed E-state index contributed by atoms with van der Waals surface area (Å²) in [4.78, 5) is 4.44. The van der Waals surface area contributed by atoms with Crippen LogP contribution in [0.2, 0.25) is 5.02 Å². The number of benzene rings is 1. The summed E-state index contributed by atoms with van der Waals surface area (Å²) >= 11 is 5.99. The third kappa shape index (κ3) is 2.52. The summed E-state index contributed by atoms with van der Waals surface area (Å²) < 4.78 is 10.8. The monoisotopic (exact) mass is 315 g/mol. The van der Waals surface area contributed by atoms with Gasteiger partial charge in [-0.2, -0.15) is 4.98 Å². The van der Waals surface area contributed by atoms with Crippen LogP contribution in [0, 0.1) is 0 Å². The van der Waals surface area contributed by atoms with Crippen LogP contribution in [0.3, 0.4) is 0 Å². The number of rotatable bonds is 3. The van der Waals surface area contributed by atoms with Crippen LogP contribution in [0.15, 0.2) is 33.3 Å². The summed E-state index contributed by atoms with van der Waals surface area (Å²) in [6.45, 7) is 0.